The van der Waals surface area contributed by atoms with Gasteiger partial charge in [0.15, 0.2) is 23.1 Å². The summed E-state index contributed by atoms with van der Waals surface area (Å²) in [5.74, 6) is -1.36. The van der Waals surface area contributed by atoms with E-state index in [0.29, 0.717) is 11.2 Å². The van der Waals surface area contributed by atoms with Gasteiger partial charge in [-0.1, -0.05) is 23.8 Å². The first-order valence-electron chi connectivity index (χ1n) is 7.55. The molecule has 2 atom stereocenters. The van der Waals surface area contributed by atoms with Crippen LogP contribution in [0.15, 0.2) is 23.9 Å². The predicted molar refractivity (Wildman–Crippen MR) is 95.1 cm³/mol. The molecule has 0 saturated carbocycles. The highest BCUT2D eigenvalue weighted by Crippen LogP contribution is 2.46. The molecule has 1 aromatic heterocycles. The van der Waals surface area contributed by atoms with Crippen molar-refractivity contribution in [2.45, 2.75) is 38.5 Å². The number of ether oxygens (including phenoxy) is 2. The average Bonchev–Trinajstić information content (AvgIpc) is 2.83. The summed E-state index contributed by atoms with van der Waals surface area (Å²) in [6.07, 6.45) is 3.78. The summed E-state index contributed by atoms with van der Waals surface area (Å²) in [4.78, 5) is 23.6. The summed E-state index contributed by atoms with van der Waals surface area (Å²) in [6.45, 7) is 4.88. The topological polar surface area (TPSA) is 78.6 Å². The van der Waals surface area contributed by atoms with Crippen molar-refractivity contribution >= 4 is 35.2 Å². The molecule has 8 heteroatoms. The molecule has 2 unspecified atom stereocenters. The van der Waals surface area contributed by atoms with Gasteiger partial charge in [0.1, 0.15) is 12.2 Å². The van der Waals surface area contributed by atoms with Gasteiger partial charge < -0.3 is 15.2 Å². The van der Waals surface area contributed by atoms with Crippen LogP contribution in [0.4, 0.5) is 4.39 Å². The molecule has 0 aromatic carbocycles. The summed E-state index contributed by atoms with van der Waals surface area (Å²) in [6, 6.07) is 0. The number of aldehydes is 1. The van der Waals surface area contributed by atoms with Gasteiger partial charge in [-0.25, -0.2) is 9.18 Å². The van der Waals surface area contributed by atoms with Crippen LogP contribution in [0.5, 0.6) is 5.75 Å². The number of halogens is 2. The molecule has 0 aliphatic heterocycles. The normalized spacial score (nSPS) is 20.1. The molecule has 0 amide bonds. The zero-order valence-corrected chi connectivity index (χ0v) is 15.6. The molecule has 0 radical (unpaired) electrons. The van der Waals surface area contributed by atoms with E-state index < -0.39 is 23.7 Å². The first-order chi connectivity index (χ1) is 11.7. The molecular formula is C17H19ClFNO4S. The van der Waals surface area contributed by atoms with Crippen molar-refractivity contribution in [3.05, 3.63) is 38.7 Å². The fourth-order valence-electron chi connectivity index (χ4n) is 2.24. The summed E-state index contributed by atoms with van der Waals surface area (Å²) in [5, 5.41) is 0.0831. The van der Waals surface area contributed by atoms with E-state index in [1.165, 1.54) is 6.08 Å². The van der Waals surface area contributed by atoms with Crippen LogP contribution in [0.1, 0.15) is 41.2 Å². The third kappa shape index (κ3) is 4.41. The molecule has 1 aliphatic carbocycles. The second kappa shape index (κ2) is 7.58. The van der Waals surface area contributed by atoms with Crippen molar-refractivity contribution in [3.63, 3.8) is 0 Å². The molecule has 1 heterocycles. The summed E-state index contributed by atoms with van der Waals surface area (Å²) < 4.78 is 25.1. The fraction of sp³-hybridized carbons (Fsp3) is 0.412. The Kier molecular flexibility index (Phi) is 5.90. The van der Waals surface area contributed by atoms with E-state index in [9.17, 15) is 14.0 Å². The minimum absolute atomic E-state index is 0.0248. The van der Waals surface area contributed by atoms with Crippen LogP contribution >= 0.6 is 22.9 Å². The summed E-state index contributed by atoms with van der Waals surface area (Å²) in [5.41, 5.74) is 5.00. The first kappa shape index (κ1) is 19.5. The van der Waals surface area contributed by atoms with Gasteiger partial charge in [0.2, 0.25) is 0 Å². The molecule has 1 aliphatic rings. The zero-order chi connectivity index (χ0) is 18.8. The van der Waals surface area contributed by atoms with Crippen molar-refractivity contribution < 1.29 is 23.5 Å². The Balaban J connectivity index is 2.45. The largest absolute Gasteiger partial charge is 0.483 e. The number of carbonyl (C=O) groups excluding carboxylic acids is 2. The van der Waals surface area contributed by atoms with E-state index in [1.807, 2.05) is 0 Å². The molecule has 1 aromatic rings. The third-order valence-electron chi connectivity index (χ3n) is 3.26. The highest BCUT2D eigenvalue weighted by Gasteiger charge is 2.34. The molecule has 0 saturated heterocycles. The van der Waals surface area contributed by atoms with Gasteiger partial charge in [0, 0.05) is 10.6 Å². The van der Waals surface area contributed by atoms with Crippen molar-refractivity contribution in [2.75, 3.05) is 6.61 Å². The van der Waals surface area contributed by atoms with Gasteiger partial charge in [0.25, 0.3) is 0 Å². The van der Waals surface area contributed by atoms with Crippen molar-refractivity contribution in [3.8, 4) is 5.75 Å². The Labute approximate surface area is 154 Å². The van der Waals surface area contributed by atoms with Crippen LogP contribution in [0, 0.1) is 0 Å². The molecule has 5 nitrogen and oxygen atoms in total. The van der Waals surface area contributed by atoms with Crippen LogP contribution in [0.25, 0.3) is 0 Å². The number of esters is 1. The van der Waals surface area contributed by atoms with Crippen LogP contribution in [0.2, 0.25) is 5.02 Å². The molecule has 136 valence electrons. The van der Waals surface area contributed by atoms with Gasteiger partial charge in [-0.15, -0.1) is 11.3 Å². The summed E-state index contributed by atoms with van der Waals surface area (Å²) >= 11 is 7.30. The molecule has 2 rings (SSSR count). The lowest BCUT2D eigenvalue weighted by Crippen LogP contribution is -2.23. The van der Waals surface area contributed by atoms with Crippen LogP contribution in [-0.2, 0) is 9.53 Å². The second-order valence-electron chi connectivity index (χ2n) is 6.40. The quantitative estimate of drug-likeness (QED) is 0.614. The lowest BCUT2D eigenvalue weighted by Gasteiger charge is -2.20. The van der Waals surface area contributed by atoms with Crippen molar-refractivity contribution in [1.29, 1.82) is 0 Å². The molecule has 0 fully saturated rings. The summed E-state index contributed by atoms with van der Waals surface area (Å²) in [7, 11) is 0. The number of hydrogen-bond acceptors (Lipinski definition) is 6. The lowest BCUT2D eigenvalue weighted by atomic mass is 9.95. The van der Waals surface area contributed by atoms with E-state index in [4.69, 9.17) is 26.8 Å². The molecule has 0 spiro atoms. The Morgan fingerprint density at radius 1 is 1.48 bits per heavy atom. The minimum Gasteiger partial charge on any atom is -0.483 e. The van der Waals surface area contributed by atoms with Gasteiger partial charge in [-0.2, -0.15) is 0 Å². The highest BCUT2D eigenvalue weighted by atomic mass is 35.5. The molecule has 2 N–H and O–H groups in total. The van der Waals surface area contributed by atoms with Crippen molar-refractivity contribution in [2.24, 2.45) is 5.73 Å². The SMILES string of the molecule is CC(C)(C)OC(=O)c1sc(C2C=CC=C(N)C2F)c(Cl)c1OCC=O. The van der Waals surface area contributed by atoms with E-state index in [2.05, 4.69) is 0 Å². The highest BCUT2D eigenvalue weighted by molar-refractivity contribution is 7.15. The molecule has 25 heavy (non-hydrogen) atoms. The predicted octanol–water partition coefficient (Wildman–Crippen LogP) is 3.77. The Bertz CT molecular complexity index is 736. The Morgan fingerprint density at radius 2 is 2.16 bits per heavy atom. The van der Waals surface area contributed by atoms with Crippen molar-refractivity contribution in [1.82, 2.24) is 0 Å². The number of carbonyl (C=O) groups is 2. The zero-order valence-electron chi connectivity index (χ0n) is 14.0. The van der Waals surface area contributed by atoms with Gasteiger partial charge >= 0.3 is 5.97 Å². The maximum atomic E-state index is 14.5. The van der Waals surface area contributed by atoms with Crippen LogP contribution in [-0.4, -0.2) is 30.6 Å². The molecule has 0 bridgehead atoms. The van der Waals surface area contributed by atoms with Crippen LogP contribution in [0.3, 0.4) is 0 Å². The van der Waals surface area contributed by atoms with Gasteiger partial charge in [-0.3, -0.25) is 4.79 Å². The standard InChI is InChI=1S/C17H19ClFNO4S/c1-17(2,3)24-16(22)15-13(23-8-7-21)11(18)14(25-15)9-5-4-6-10(20)12(9)19/h4-7,9,12H,8,20H2,1-3H3. The van der Waals surface area contributed by atoms with E-state index >= 15 is 0 Å². The first-order valence-corrected chi connectivity index (χ1v) is 8.75. The smallest absolute Gasteiger partial charge is 0.352 e. The number of hydrogen-bond donors (Lipinski definition) is 1. The minimum atomic E-state index is -1.47. The number of thiophene rings is 1. The fourth-order valence-corrected chi connectivity index (χ4v) is 3.80. The molecular weight excluding hydrogens is 369 g/mol. The van der Waals surface area contributed by atoms with Crippen LogP contribution < -0.4 is 10.5 Å². The Morgan fingerprint density at radius 3 is 2.76 bits per heavy atom. The second-order valence-corrected chi connectivity index (χ2v) is 7.83. The van der Waals surface area contributed by atoms with E-state index in [0.717, 1.165) is 11.3 Å². The number of alkyl halides is 1. The lowest BCUT2D eigenvalue weighted by molar-refractivity contribution is -0.109. The number of allylic oxidation sites excluding steroid dienone is 4. The van der Waals surface area contributed by atoms with E-state index in [-0.39, 0.29) is 28.0 Å². The number of rotatable bonds is 5. The van der Waals surface area contributed by atoms with E-state index in [1.54, 1.807) is 32.9 Å². The Hall–Kier alpha value is -1.86. The maximum Gasteiger partial charge on any atom is 0.352 e. The van der Waals surface area contributed by atoms with Gasteiger partial charge in [-0.05, 0) is 26.8 Å². The van der Waals surface area contributed by atoms with Gasteiger partial charge in [0.05, 0.1) is 10.9 Å². The third-order valence-corrected chi connectivity index (χ3v) is 5.00. The maximum absolute atomic E-state index is 14.5. The monoisotopic (exact) mass is 387 g/mol. The number of nitrogens with two attached hydrogens (primary N) is 1. The average molecular weight is 388 g/mol.